The molecule has 0 bridgehead atoms. The minimum atomic E-state index is -3.70. The van der Waals surface area contributed by atoms with Gasteiger partial charge in [-0.15, -0.1) is 11.3 Å². The quantitative estimate of drug-likeness (QED) is 0.368. The van der Waals surface area contributed by atoms with Crippen molar-refractivity contribution in [3.63, 3.8) is 0 Å². The van der Waals surface area contributed by atoms with E-state index in [2.05, 4.69) is 5.16 Å². The van der Waals surface area contributed by atoms with Crippen molar-refractivity contribution in [2.24, 2.45) is 10.9 Å². The molecule has 1 aliphatic carbocycles. The molecule has 2 rings (SSSR count). The number of thiophene rings is 1. The topological polar surface area (TPSA) is 96.0 Å². The first-order valence-corrected chi connectivity index (χ1v) is 9.24. The van der Waals surface area contributed by atoms with Gasteiger partial charge in [-0.05, 0) is 31.4 Å². The smallest absolute Gasteiger partial charge is 0.253 e. The Morgan fingerprint density at radius 2 is 2.19 bits per heavy atom. The van der Waals surface area contributed by atoms with Crippen LogP contribution in [-0.2, 0) is 10.0 Å². The molecule has 118 valence electrons. The minimum absolute atomic E-state index is 0.113. The van der Waals surface area contributed by atoms with E-state index in [1.54, 1.807) is 13.0 Å². The molecule has 9 heteroatoms. The molecule has 1 heterocycles. The van der Waals surface area contributed by atoms with Crippen molar-refractivity contribution in [1.82, 2.24) is 4.31 Å². The lowest BCUT2D eigenvalue weighted by Gasteiger charge is -2.26. The van der Waals surface area contributed by atoms with Crippen molar-refractivity contribution < 1.29 is 13.6 Å². The predicted octanol–water partition coefficient (Wildman–Crippen LogP) is 2.39. The highest BCUT2D eigenvalue weighted by molar-refractivity contribution is 7.91. The van der Waals surface area contributed by atoms with Gasteiger partial charge >= 0.3 is 0 Å². The van der Waals surface area contributed by atoms with Gasteiger partial charge in [0.2, 0.25) is 0 Å². The van der Waals surface area contributed by atoms with E-state index in [1.165, 1.54) is 4.31 Å². The van der Waals surface area contributed by atoms with Crippen LogP contribution in [0.5, 0.6) is 0 Å². The van der Waals surface area contributed by atoms with Crippen LogP contribution in [0.3, 0.4) is 0 Å². The van der Waals surface area contributed by atoms with E-state index in [0.717, 1.165) is 42.6 Å². The summed E-state index contributed by atoms with van der Waals surface area (Å²) in [7, 11) is -3.70. The van der Waals surface area contributed by atoms with Crippen LogP contribution in [0.2, 0.25) is 4.34 Å². The molecule has 1 aliphatic rings. The van der Waals surface area contributed by atoms with Gasteiger partial charge in [-0.2, -0.15) is 4.31 Å². The molecule has 0 aliphatic heterocycles. The lowest BCUT2D eigenvalue weighted by Crippen LogP contribution is -2.43. The van der Waals surface area contributed by atoms with E-state index in [0.29, 0.717) is 4.34 Å². The van der Waals surface area contributed by atoms with Crippen LogP contribution in [0.15, 0.2) is 15.4 Å². The highest BCUT2D eigenvalue weighted by atomic mass is 35.5. The zero-order valence-corrected chi connectivity index (χ0v) is 14.0. The lowest BCUT2D eigenvalue weighted by molar-refractivity contribution is 0.308. The SMILES string of the molecule is Cc1cc(S(=O)(=O)N(C/C(N)=N/O)C2CCCC2)sc1Cl. The zero-order valence-electron chi connectivity index (χ0n) is 11.6. The molecular weight excluding hydrogens is 334 g/mol. The van der Waals surface area contributed by atoms with Gasteiger partial charge in [-0.3, -0.25) is 0 Å². The van der Waals surface area contributed by atoms with E-state index in [9.17, 15) is 8.42 Å². The summed E-state index contributed by atoms with van der Waals surface area (Å²) in [5.74, 6) is -0.121. The van der Waals surface area contributed by atoms with Crippen molar-refractivity contribution in [1.29, 1.82) is 0 Å². The lowest BCUT2D eigenvalue weighted by atomic mass is 10.2. The van der Waals surface area contributed by atoms with Gasteiger partial charge in [0.1, 0.15) is 4.21 Å². The van der Waals surface area contributed by atoms with Crippen LogP contribution in [0.4, 0.5) is 0 Å². The van der Waals surface area contributed by atoms with Gasteiger partial charge in [0.05, 0.1) is 10.9 Å². The van der Waals surface area contributed by atoms with E-state index < -0.39 is 10.0 Å². The summed E-state index contributed by atoms with van der Waals surface area (Å²) < 4.78 is 27.6. The number of rotatable bonds is 5. The van der Waals surface area contributed by atoms with Gasteiger partial charge in [0.25, 0.3) is 10.0 Å². The number of nitrogens with zero attached hydrogens (tertiary/aromatic N) is 2. The fraction of sp³-hybridized carbons (Fsp3) is 0.583. The van der Waals surface area contributed by atoms with Crippen molar-refractivity contribution in [3.8, 4) is 0 Å². The Bertz CT molecular complexity index is 617. The van der Waals surface area contributed by atoms with Crippen LogP contribution >= 0.6 is 22.9 Å². The largest absolute Gasteiger partial charge is 0.409 e. The number of nitrogens with two attached hydrogens (primary N) is 1. The Balaban J connectivity index is 2.38. The number of halogens is 1. The summed E-state index contributed by atoms with van der Waals surface area (Å²) in [5, 5.41) is 11.6. The van der Waals surface area contributed by atoms with E-state index >= 15 is 0 Å². The highest BCUT2D eigenvalue weighted by Crippen LogP contribution is 2.35. The molecule has 0 spiro atoms. The third-order valence-corrected chi connectivity index (χ3v) is 7.48. The van der Waals surface area contributed by atoms with Crippen molar-refractivity contribution in [2.75, 3.05) is 6.54 Å². The second-order valence-corrected chi connectivity index (χ2v) is 8.87. The summed E-state index contributed by atoms with van der Waals surface area (Å²) in [6.07, 6.45) is 3.54. The van der Waals surface area contributed by atoms with Crippen LogP contribution in [0.1, 0.15) is 31.2 Å². The van der Waals surface area contributed by atoms with E-state index in [4.69, 9.17) is 22.5 Å². The summed E-state index contributed by atoms with van der Waals surface area (Å²) >= 11 is 7.02. The first-order valence-electron chi connectivity index (χ1n) is 6.60. The molecule has 21 heavy (non-hydrogen) atoms. The molecule has 6 nitrogen and oxygen atoms in total. The maximum atomic E-state index is 12.8. The zero-order chi connectivity index (χ0) is 15.6. The Kier molecular flexibility index (Phi) is 5.13. The molecular formula is C12H18ClN3O3S2. The Morgan fingerprint density at radius 1 is 1.57 bits per heavy atom. The number of aryl methyl sites for hydroxylation is 1. The number of amidine groups is 1. The van der Waals surface area contributed by atoms with Gasteiger partial charge in [0.15, 0.2) is 5.84 Å². The summed E-state index contributed by atoms with van der Waals surface area (Å²) in [4.78, 5) is 0. The predicted molar refractivity (Wildman–Crippen MR) is 83.6 cm³/mol. The Morgan fingerprint density at radius 3 is 2.67 bits per heavy atom. The molecule has 0 amide bonds. The van der Waals surface area contributed by atoms with Gasteiger partial charge in [-0.1, -0.05) is 29.6 Å². The summed E-state index contributed by atoms with van der Waals surface area (Å²) in [5.41, 5.74) is 6.25. The van der Waals surface area contributed by atoms with Crippen LogP contribution in [-0.4, -0.2) is 36.4 Å². The molecule has 1 fully saturated rings. The second kappa shape index (κ2) is 6.51. The average Bonchev–Trinajstić information content (AvgIpc) is 3.06. The number of hydrogen-bond donors (Lipinski definition) is 2. The maximum absolute atomic E-state index is 12.8. The number of oxime groups is 1. The monoisotopic (exact) mass is 351 g/mol. The van der Waals surface area contributed by atoms with E-state index in [-0.39, 0.29) is 22.6 Å². The maximum Gasteiger partial charge on any atom is 0.253 e. The summed E-state index contributed by atoms with van der Waals surface area (Å²) in [6.45, 7) is 1.65. The average molecular weight is 352 g/mol. The van der Waals surface area contributed by atoms with E-state index in [1.807, 2.05) is 0 Å². The highest BCUT2D eigenvalue weighted by Gasteiger charge is 2.35. The Hall–Kier alpha value is -0.830. The van der Waals surface area contributed by atoms with Gasteiger partial charge in [-0.25, -0.2) is 8.42 Å². The van der Waals surface area contributed by atoms with Crippen LogP contribution < -0.4 is 5.73 Å². The number of hydrogen-bond acceptors (Lipinski definition) is 5. The Labute approximate surface area is 133 Å². The molecule has 1 aromatic rings. The fourth-order valence-electron chi connectivity index (χ4n) is 2.47. The van der Waals surface area contributed by atoms with Crippen LogP contribution in [0, 0.1) is 6.92 Å². The third kappa shape index (κ3) is 3.50. The molecule has 0 saturated heterocycles. The van der Waals surface area contributed by atoms with Gasteiger partial charge < -0.3 is 10.9 Å². The van der Waals surface area contributed by atoms with Crippen molar-refractivity contribution >= 4 is 38.8 Å². The molecule has 0 aromatic carbocycles. The standard InChI is InChI=1S/C12H18ClN3O3S2/c1-8-6-11(20-12(8)13)21(18,19)16(7-10(14)15-17)9-4-2-3-5-9/h6,9,17H,2-5,7H2,1H3,(H2,14,15). The fourth-order valence-corrected chi connectivity index (χ4v) is 5.96. The van der Waals surface area contributed by atoms with Crippen molar-refractivity contribution in [3.05, 3.63) is 16.0 Å². The molecule has 1 saturated carbocycles. The van der Waals surface area contributed by atoms with Crippen LogP contribution in [0.25, 0.3) is 0 Å². The molecule has 0 unspecified atom stereocenters. The molecule has 3 N–H and O–H groups in total. The summed E-state index contributed by atoms with van der Waals surface area (Å²) in [6, 6.07) is 1.45. The first kappa shape index (κ1) is 16.5. The first-order chi connectivity index (χ1) is 9.86. The van der Waals surface area contributed by atoms with Gasteiger partial charge in [0, 0.05) is 6.04 Å². The molecule has 0 atom stereocenters. The molecule has 1 aromatic heterocycles. The third-order valence-electron chi connectivity index (χ3n) is 3.58. The molecule has 0 radical (unpaired) electrons. The number of sulfonamides is 1. The van der Waals surface area contributed by atoms with Crippen molar-refractivity contribution in [2.45, 2.75) is 42.9 Å². The second-order valence-electron chi connectivity index (χ2n) is 5.10. The normalized spacial score (nSPS) is 17.8. The minimum Gasteiger partial charge on any atom is -0.409 e.